The third-order valence-corrected chi connectivity index (χ3v) is 4.73. The zero-order chi connectivity index (χ0) is 14.6. The number of hydrogen-bond donors (Lipinski definition) is 1. The SMILES string of the molecule is N#Cc1cc(NS(=O)(=O)CC2CCCCO2)ccc1Cl. The highest BCUT2D eigenvalue weighted by atomic mass is 35.5. The number of benzene rings is 1. The minimum Gasteiger partial charge on any atom is -0.377 e. The molecule has 0 spiro atoms. The molecule has 0 bridgehead atoms. The van der Waals surface area contributed by atoms with Crippen LogP contribution < -0.4 is 4.72 Å². The van der Waals surface area contributed by atoms with Gasteiger partial charge in [0.2, 0.25) is 10.0 Å². The molecular weight excluding hydrogens is 300 g/mol. The van der Waals surface area contributed by atoms with Gasteiger partial charge >= 0.3 is 0 Å². The summed E-state index contributed by atoms with van der Waals surface area (Å²) < 4.78 is 32.0. The van der Waals surface area contributed by atoms with Crippen molar-refractivity contribution in [1.82, 2.24) is 0 Å². The molecule has 1 aliphatic rings. The zero-order valence-corrected chi connectivity index (χ0v) is 12.4. The molecule has 1 atom stereocenters. The van der Waals surface area contributed by atoms with Crippen LogP contribution >= 0.6 is 11.6 Å². The lowest BCUT2D eigenvalue weighted by Crippen LogP contribution is -2.30. The average Bonchev–Trinajstić information content (AvgIpc) is 2.41. The van der Waals surface area contributed by atoms with Crippen LogP contribution in [0.3, 0.4) is 0 Å². The van der Waals surface area contributed by atoms with E-state index in [1.165, 1.54) is 18.2 Å². The maximum absolute atomic E-state index is 12.0. The van der Waals surface area contributed by atoms with E-state index in [1.807, 2.05) is 6.07 Å². The zero-order valence-electron chi connectivity index (χ0n) is 10.8. The number of nitrogens with one attached hydrogen (secondary N) is 1. The van der Waals surface area contributed by atoms with Gasteiger partial charge in [0.15, 0.2) is 0 Å². The number of nitrogens with zero attached hydrogens (tertiary/aromatic N) is 1. The number of hydrogen-bond acceptors (Lipinski definition) is 4. The Morgan fingerprint density at radius 1 is 1.45 bits per heavy atom. The third kappa shape index (κ3) is 4.10. The van der Waals surface area contributed by atoms with Crippen LogP contribution in [0.5, 0.6) is 0 Å². The number of rotatable bonds is 4. The van der Waals surface area contributed by atoms with Crippen molar-refractivity contribution in [3.05, 3.63) is 28.8 Å². The largest absolute Gasteiger partial charge is 0.377 e. The number of sulfonamides is 1. The maximum Gasteiger partial charge on any atom is 0.235 e. The summed E-state index contributed by atoms with van der Waals surface area (Å²) in [6.45, 7) is 0.611. The van der Waals surface area contributed by atoms with Gasteiger partial charge in [-0.3, -0.25) is 4.72 Å². The number of halogens is 1. The summed E-state index contributed by atoms with van der Waals surface area (Å²) in [5, 5.41) is 9.17. The fraction of sp³-hybridized carbons (Fsp3) is 0.462. The Morgan fingerprint density at radius 2 is 2.25 bits per heavy atom. The molecule has 20 heavy (non-hydrogen) atoms. The molecule has 7 heteroatoms. The predicted molar refractivity (Wildman–Crippen MR) is 77.2 cm³/mol. The monoisotopic (exact) mass is 314 g/mol. The Bertz CT molecular complexity index is 619. The molecular formula is C13H15ClN2O3S. The Kier molecular flexibility index (Phi) is 4.86. The van der Waals surface area contributed by atoms with Crippen LogP contribution in [-0.4, -0.2) is 26.9 Å². The molecule has 0 aliphatic carbocycles. The van der Waals surface area contributed by atoms with Crippen molar-refractivity contribution in [2.24, 2.45) is 0 Å². The van der Waals surface area contributed by atoms with E-state index < -0.39 is 10.0 Å². The molecule has 2 rings (SSSR count). The molecule has 1 saturated heterocycles. The molecule has 1 unspecified atom stereocenters. The van der Waals surface area contributed by atoms with Crippen molar-refractivity contribution in [2.75, 3.05) is 17.1 Å². The first-order valence-electron chi connectivity index (χ1n) is 6.32. The summed E-state index contributed by atoms with van der Waals surface area (Å²) in [6, 6.07) is 6.35. The Morgan fingerprint density at radius 3 is 2.90 bits per heavy atom. The quantitative estimate of drug-likeness (QED) is 0.926. The van der Waals surface area contributed by atoms with E-state index in [0.717, 1.165) is 19.3 Å². The lowest BCUT2D eigenvalue weighted by Gasteiger charge is -2.22. The fourth-order valence-corrected chi connectivity index (χ4v) is 3.56. The molecule has 1 aromatic carbocycles. The second kappa shape index (κ2) is 6.44. The van der Waals surface area contributed by atoms with Gasteiger partial charge in [0.05, 0.1) is 22.4 Å². The lowest BCUT2D eigenvalue weighted by atomic mass is 10.1. The molecule has 1 heterocycles. The van der Waals surface area contributed by atoms with Crippen molar-refractivity contribution in [1.29, 1.82) is 5.26 Å². The first kappa shape index (κ1) is 15.1. The summed E-state index contributed by atoms with van der Waals surface area (Å²) in [4.78, 5) is 0. The molecule has 1 fully saturated rings. The topological polar surface area (TPSA) is 79.2 Å². The van der Waals surface area contributed by atoms with Gasteiger partial charge in [0.1, 0.15) is 6.07 Å². The minimum absolute atomic E-state index is 0.0719. The van der Waals surface area contributed by atoms with Gasteiger partial charge in [-0.15, -0.1) is 0 Å². The van der Waals surface area contributed by atoms with Crippen molar-refractivity contribution >= 4 is 27.3 Å². The van der Waals surface area contributed by atoms with Crippen LogP contribution in [-0.2, 0) is 14.8 Å². The highest BCUT2D eigenvalue weighted by Gasteiger charge is 2.22. The van der Waals surface area contributed by atoms with E-state index in [9.17, 15) is 8.42 Å². The van der Waals surface area contributed by atoms with Gasteiger partial charge in [-0.2, -0.15) is 5.26 Å². The van der Waals surface area contributed by atoms with Gasteiger partial charge in [-0.05, 0) is 37.5 Å². The molecule has 0 saturated carbocycles. The van der Waals surface area contributed by atoms with Gasteiger partial charge in [-0.1, -0.05) is 11.6 Å². The Labute approximate surface area is 123 Å². The van der Waals surface area contributed by atoms with E-state index >= 15 is 0 Å². The van der Waals surface area contributed by atoms with Gasteiger partial charge < -0.3 is 4.74 Å². The lowest BCUT2D eigenvalue weighted by molar-refractivity contribution is 0.0306. The van der Waals surface area contributed by atoms with Gasteiger partial charge in [0.25, 0.3) is 0 Å². The van der Waals surface area contributed by atoms with Crippen LogP contribution in [0.25, 0.3) is 0 Å². The normalized spacial score (nSPS) is 19.3. The van der Waals surface area contributed by atoms with Crippen LogP contribution in [0, 0.1) is 11.3 Å². The van der Waals surface area contributed by atoms with Gasteiger partial charge in [-0.25, -0.2) is 8.42 Å². The number of nitriles is 1. The van der Waals surface area contributed by atoms with Crippen molar-refractivity contribution in [3.8, 4) is 6.07 Å². The van der Waals surface area contributed by atoms with E-state index in [2.05, 4.69) is 4.72 Å². The van der Waals surface area contributed by atoms with E-state index in [4.69, 9.17) is 21.6 Å². The Hall–Kier alpha value is -1.29. The standard InChI is InChI=1S/C13H15ClN2O3S/c14-13-5-4-11(7-10(13)8-15)16-20(17,18)9-12-3-1-2-6-19-12/h4-5,7,12,16H,1-3,6,9H2. The second-order valence-corrected chi connectivity index (χ2v) is 6.85. The molecule has 0 aromatic heterocycles. The van der Waals surface area contributed by atoms with Crippen LogP contribution in [0.4, 0.5) is 5.69 Å². The number of anilines is 1. The summed E-state index contributed by atoms with van der Waals surface area (Å²) in [7, 11) is -3.50. The van der Waals surface area contributed by atoms with Crippen LogP contribution in [0.15, 0.2) is 18.2 Å². The fourth-order valence-electron chi connectivity index (χ4n) is 2.08. The summed E-state index contributed by atoms with van der Waals surface area (Å²) in [5.74, 6) is -0.0719. The minimum atomic E-state index is -3.50. The molecule has 0 radical (unpaired) electrons. The molecule has 0 amide bonds. The molecule has 108 valence electrons. The summed E-state index contributed by atoms with van der Waals surface area (Å²) in [5.41, 5.74) is 0.572. The van der Waals surface area contributed by atoms with Crippen molar-refractivity contribution in [3.63, 3.8) is 0 Å². The van der Waals surface area contributed by atoms with Crippen LogP contribution in [0.1, 0.15) is 24.8 Å². The summed E-state index contributed by atoms with van der Waals surface area (Å²) >= 11 is 5.80. The van der Waals surface area contributed by atoms with E-state index in [-0.39, 0.29) is 17.4 Å². The second-order valence-electron chi connectivity index (χ2n) is 4.68. The molecule has 1 aromatic rings. The third-order valence-electron chi connectivity index (χ3n) is 3.04. The van der Waals surface area contributed by atoms with Crippen molar-refractivity contribution < 1.29 is 13.2 Å². The molecule has 5 nitrogen and oxygen atoms in total. The molecule has 1 N–H and O–H groups in total. The Balaban J connectivity index is 2.06. The van der Waals surface area contributed by atoms with E-state index in [1.54, 1.807) is 0 Å². The highest BCUT2D eigenvalue weighted by molar-refractivity contribution is 7.92. The van der Waals surface area contributed by atoms with Crippen LogP contribution in [0.2, 0.25) is 5.02 Å². The first-order valence-corrected chi connectivity index (χ1v) is 8.35. The average molecular weight is 315 g/mol. The smallest absolute Gasteiger partial charge is 0.235 e. The molecule has 1 aliphatic heterocycles. The predicted octanol–water partition coefficient (Wildman–Crippen LogP) is 2.52. The highest BCUT2D eigenvalue weighted by Crippen LogP contribution is 2.21. The first-order chi connectivity index (χ1) is 9.50. The summed E-state index contributed by atoms with van der Waals surface area (Å²) in [6.07, 6.45) is 2.46. The van der Waals surface area contributed by atoms with E-state index in [0.29, 0.717) is 17.3 Å². The number of ether oxygens (including phenoxy) is 1. The van der Waals surface area contributed by atoms with Crippen molar-refractivity contribution in [2.45, 2.75) is 25.4 Å². The van der Waals surface area contributed by atoms with Gasteiger partial charge in [0, 0.05) is 12.3 Å². The maximum atomic E-state index is 12.0.